The number of aryl methyl sites for hydroxylation is 1. The molecule has 4 rings (SSSR count). The minimum absolute atomic E-state index is 0.0924. The smallest absolute Gasteiger partial charge is 0.358 e. The van der Waals surface area contributed by atoms with E-state index in [-0.39, 0.29) is 24.0 Å². The number of rotatable bonds is 5. The zero-order valence-electron chi connectivity index (χ0n) is 16.8. The molecule has 1 aliphatic carbocycles. The van der Waals surface area contributed by atoms with Crippen molar-refractivity contribution in [3.05, 3.63) is 64.7 Å². The maximum atomic E-state index is 12.7. The number of benzene rings is 1. The maximum absolute atomic E-state index is 12.7. The van der Waals surface area contributed by atoms with Crippen molar-refractivity contribution in [2.75, 3.05) is 11.9 Å². The highest BCUT2D eigenvalue weighted by Crippen LogP contribution is 2.27. The number of amides is 1. The number of hydrogen-bond donors (Lipinski definition) is 2. The molecular weight excluding hydrogens is 384 g/mol. The molecule has 3 aromatic rings. The molecule has 8 heteroatoms. The summed E-state index contributed by atoms with van der Waals surface area (Å²) in [6, 6.07) is 8.66. The third-order valence-electron chi connectivity index (χ3n) is 5.13. The molecule has 1 amide bonds. The molecule has 154 valence electrons. The number of anilines is 1. The summed E-state index contributed by atoms with van der Waals surface area (Å²) in [5.41, 5.74) is 4.21. The number of carbonyl (C=O) groups is 3. The number of fused-ring (bicyclic) bond motifs is 1. The van der Waals surface area contributed by atoms with Crippen LogP contribution in [0.25, 0.3) is 5.69 Å². The van der Waals surface area contributed by atoms with E-state index in [0.29, 0.717) is 28.9 Å². The molecule has 0 spiro atoms. The van der Waals surface area contributed by atoms with Gasteiger partial charge in [0.15, 0.2) is 11.5 Å². The van der Waals surface area contributed by atoms with Crippen LogP contribution in [-0.2, 0) is 11.2 Å². The molecule has 0 bridgehead atoms. The van der Waals surface area contributed by atoms with Crippen LogP contribution in [0.2, 0.25) is 0 Å². The topological polar surface area (TPSA) is 106 Å². The Morgan fingerprint density at radius 3 is 2.67 bits per heavy atom. The highest BCUT2D eigenvalue weighted by atomic mass is 16.5. The monoisotopic (exact) mass is 406 g/mol. The minimum atomic E-state index is -0.470. The van der Waals surface area contributed by atoms with Crippen molar-refractivity contribution in [3.8, 4) is 5.69 Å². The summed E-state index contributed by atoms with van der Waals surface area (Å²) in [5, 5.41) is 7.07. The lowest BCUT2D eigenvalue weighted by Gasteiger charge is -2.09. The number of ether oxygens (including phenoxy) is 1. The summed E-state index contributed by atoms with van der Waals surface area (Å²) in [6.07, 6.45) is 3.78. The SMILES string of the molecule is CCOC(=O)c1ccn(-c2ccc(NC(=O)c3[nH]c4c(c3C)C(=O)CCC4)cc2)n1. The van der Waals surface area contributed by atoms with Gasteiger partial charge in [0.1, 0.15) is 5.69 Å². The number of carbonyl (C=O) groups excluding carboxylic acids is 3. The average Bonchev–Trinajstić information content (AvgIpc) is 3.35. The Kier molecular flexibility index (Phi) is 5.22. The van der Waals surface area contributed by atoms with Crippen molar-refractivity contribution >= 4 is 23.3 Å². The van der Waals surface area contributed by atoms with Crippen LogP contribution in [-0.4, -0.2) is 39.0 Å². The molecule has 1 aromatic carbocycles. The van der Waals surface area contributed by atoms with Crippen LogP contribution < -0.4 is 5.32 Å². The van der Waals surface area contributed by atoms with Gasteiger partial charge in [-0.1, -0.05) is 0 Å². The van der Waals surface area contributed by atoms with E-state index in [2.05, 4.69) is 15.4 Å². The summed E-state index contributed by atoms with van der Waals surface area (Å²) in [4.78, 5) is 39.8. The van der Waals surface area contributed by atoms with Crippen molar-refractivity contribution in [2.45, 2.75) is 33.1 Å². The van der Waals surface area contributed by atoms with E-state index >= 15 is 0 Å². The molecule has 2 heterocycles. The first-order chi connectivity index (χ1) is 14.5. The number of aromatic nitrogens is 3. The molecular formula is C22H22N4O4. The summed E-state index contributed by atoms with van der Waals surface area (Å²) < 4.78 is 6.50. The van der Waals surface area contributed by atoms with E-state index in [0.717, 1.165) is 24.2 Å². The Morgan fingerprint density at radius 2 is 1.97 bits per heavy atom. The van der Waals surface area contributed by atoms with Gasteiger partial charge in [0.05, 0.1) is 12.3 Å². The van der Waals surface area contributed by atoms with Crippen molar-refractivity contribution in [3.63, 3.8) is 0 Å². The van der Waals surface area contributed by atoms with Gasteiger partial charge >= 0.3 is 5.97 Å². The summed E-state index contributed by atoms with van der Waals surface area (Å²) >= 11 is 0. The van der Waals surface area contributed by atoms with Gasteiger partial charge in [-0.15, -0.1) is 0 Å². The molecule has 30 heavy (non-hydrogen) atoms. The number of nitrogens with zero attached hydrogens (tertiary/aromatic N) is 2. The first-order valence-corrected chi connectivity index (χ1v) is 9.87. The second-order valence-electron chi connectivity index (χ2n) is 7.12. The number of nitrogens with one attached hydrogen (secondary N) is 2. The fourth-order valence-electron chi connectivity index (χ4n) is 3.67. The fraction of sp³-hybridized carbons (Fsp3) is 0.273. The number of hydrogen-bond acceptors (Lipinski definition) is 5. The predicted molar refractivity (Wildman–Crippen MR) is 110 cm³/mol. The standard InChI is InChI=1S/C22H22N4O4/c1-3-30-22(29)17-11-12-26(25-17)15-9-7-14(8-10-15)23-21(28)20-13(2)19-16(24-20)5-4-6-18(19)27/h7-12,24H,3-6H2,1-2H3,(H,23,28). The van der Waals surface area contributed by atoms with Crippen molar-refractivity contribution < 1.29 is 19.1 Å². The second kappa shape index (κ2) is 7.98. The van der Waals surface area contributed by atoms with Gasteiger partial charge in [-0.25, -0.2) is 9.48 Å². The summed E-state index contributed by atoms with van der Waals surface area (Å²) in [6.45, 7) is 3.83. The Morgan fingerprint density at radius 1 is 1.20 bits per heavy atom. The number of H-pyrrole nitrogens is 1. The van der Waals surface area contributed by atoms with E-state index in [1.807, 2.05) is 0 Å². The molecule has 1 aliphatic rings. The highest BCUT2D eigenvalue weighted by molar-refractivity contribution is 6.08. The normalized spacial score (nSPS) is 13.1. The summed E-state index contributed by atoms with van der Waals surface area (Å²) in [7, 11) is 0. The van der Waals surface area contributed by atoms with Crippen molar-refractivity contribution in [2.24, 2.45) is 0 Å². The Hall–Kier alpha value is -3.68. The van der Waals surface area contributed by atoms with E-state index in [9.17, 15) is 14.4 Å². The number of esters is 1. The molecule has 0 aliphatic heterocycles. The van der Waals surface area contributed by atoms with E-state index in [4.69, 9.17) is 4.74 Å². The lowest BCUT2D eigenvalue weighted by Crippen LogP contribution is -2.14. The maximum Gasteiger partial charge on any atom is 0.358 e. The minimum Gasteiger partial charge on any atom is -0.461 e. The summed E-state index contributed by atoms with van der Waals surface area (Å²) in [5.74, 6) is -0.663. The van der Waals surface area contributed by atoms with Crippen LogP contribution in [0.4, 0.5) is 5.69 Å². The number of aromatic amines is 1. The molecule has 2 N–H and O–H groups in total. The fourth-order valence-corrected chi connectivity index (χ4v) is 3.67. The Bertz CT molecular complexity index is 1120. The van der Waals surface area contributed by atoms with E-state index < -0.39 is 5.97 Å². The van der Waals surface area contributed by atoms with Gasteiger partial charge in [0, 0.05) is 29.6 Å². The second-order valence-corrected chi connectivity index (χ2v) is 7.12. The van der Waals surface area contributed by atoms with Crippen LogP contribution in [0.5, 0.6) is 0 Å². The van der Waals surface area contributed by atoms with Crippen molar-refractivity contribution in [1.82, 2.24) is 14.8 Å². The lowest BCUT2D eigenvalue weighted by atomic mass is 9.94. The number of ketones is 1. The average molecular weight is 406 g/mol. The van der Waals surface area contributed by atoms with Gasteiger partial charge in [-0.05, 0) is 62.6 Å². The zero-order chi connectivity index (χ0) is 21.3. The quantitative estimate of drug-likeness (QED) is 0.631. The van der Waals surface area contributed by atoms with Crippen molar-refractivity contribution in [1.29, 1.82) is 0 Å². The molecule has 0 radical (unpaired) electrons. The molecule has 0 saturated heterocycles. The molecule has 0 atom stereocenters. The van der Waals surface area contributed by atoms with Crippen LogP contribution >= 0.6 is 0 Å². The van der Waals surface area contributed by atoms with Gasteiger partial charge in [-0.3, -0.25) is 9.59 Å². The lowest BCUT2D eigenvalue weighted by molar-refractivity contribution is 0.0518. The van der Waals surface area contributed by atoms with Gasteiger partial charge < -0.3 is 15.0 Å². The largest absolute Gasteiger partial charge is 0.461 e. The van der Waals surface area contributed by atoms with Crippen LogP contribution in [0.3, 0.4) is 0 Å². The van der Waals surface area contributed by atoms with Gasteiger partial charge in [-0.2, -0.15) is 5.10 Å². The van der Waals surface area contributed by atoms with Crippen LogP contribution in [0.1, 0.15) is 62.4 Å². The first-order valence-electron chi connectivity index (χ1n) is 9.87. The third kappa shape index (κ3) is 3.63. The molecule has 0 saturated carbocycles. The van der Waals surface area contributed by atoms with Crippen LogP contribution in [0.15, 0.2) is 36.5 Å². The highest BCUT2D eigenvalue weighted by Gasteiger charge is 2.26. The predicted octanol–water partition coefficient (Wildman–Crippen LogP) is 3.46. The molecule has 0 unspecified atom stereocenters. The molecule has 8 nitrogen and oxygen atoms in total. The molecule has 2 aromatic heterocycles. The van der Waals surface area contributed by atoms with E-state index in [1.165, 1.54) is 0 Å². The van der Waals surface area contributed by atoms with Gasteiger partial charge in [0.2, 0.25) is 0 Å². The zero-order valence-corrected chi connectivity index (χ0v) is 16.8. The van der Waals surface area contributed by atoms with E-state index in [1.54, 1.807) is 55.1 Å². The molecule has 0 fully saturated rings. The number of Topliss-reactive ketones (excluding diaryl/α,β-unsaturated/α-hetero) is 1. The van der Waals surface area contributed by atoms with Crippen LogP contribution in [0, 0.1) is 6.92 Å². The van der Waals surface area contributed by atoms with Gasteiger partial charge in [0.25, 0.3) is 5.91 Å². The Labute approximate surface area is 173 Å². The Balaban J connectivity index is 1.49. The first kappa shape index (κ1) is 19.6. The third-order valence-corrected chi connectivity index (χ3v) is 5.13.